The summed E-state index contributed by atoms with van der Waals surface area (Å²) >= 11 is 11.2. The molecular formula is C15H11BrClNOS. The Morgan fingerprint density at radius 2 is 2.05 bits per heavy atom. The summed E-state index contributed by atoms with van der Waals surface area (Å²) in [4.78, 5) is 15.7. The van der Waals surface area contributed by atoms with Crippen LogP contribution in [0.1, 0.15) is 10.4 Å². The predicted molar refractivity (Wildman–Crippen MR) is 88.0 cm³/mol. The lowest BCUT2D eigenvalue weighted by Gasteiger charge is -2.29. The number of benzene rings is 2. The van der Waals surface area contributed by atoms with Crippen molar-refractivity contribution in [3.8, 4) is 0 Å². The van der Waals surface area contributed by atoms with Gasteiger partial charge >= 0.3 is 0 Å². The highest BCUT2D eigenvalue weighted by molar-refractivity contribution is 9.10. The minimum Gasteiger partial charge on any atom is -0.306 e. The van der Waals surface area contributed by atoms with Crippen LogP contribution in [0.5, 0.6) is 0 Å². The maximum absolute atomic E-state index is 12.7. The largest absolute Gasteiger partial charge is 0.306 e. The molecule has 0 spiro atoms. The zero-order valence-corrected chi connectivity index (χ0v) is 13.6. The molecule has 1 heterocycles. The first-order valence-electron chi connectivity index (χ1n) is 6.15. The highest BCUT2D eigenvalue weighted by Crippen LogP contribution is 2.35. The fourth-order valence-electron chi connectivity index (χ4n) is 2.21. The van der Waals surface area contributed by atoms with E-state index in [0.29, 0.717) is 17.1 Å². The third-order valence-electron chi connectivity index (χ3n) is 3.08. The molecule has 1 aliphatic rings. The predicted octanol–water partition coefficient (Wildman–Crippen LogP) is 4.86. The molecule has 0 fully saturated rings. The number of amides is 1. The van der Waals surface area contributed by atoms with Crippen LogP contribution in [0.15, 0.2) is 51.8 Å². The van der Waals surface area contributed by atoms with Crippen molar-refractivity contribution in [2.24, 2.45) is 0 Å². The zero-order chi connectivity index (χ0) is 14.1. The SMILES string of the molecule is O=C(c1cc(Cl)cc(Br)c1)N1CCSc2ccccc21. The molecule has 0 radical (unpaired) electrons. The number of thioether (sulfide) groups is 1. The second-order valence-electron chi connectivity index (χ2n) is 4.43. The van der Waals surface area contributed by atoms with Crippen LogP contribution in [-0.4, -0.2) is 18.2 Å². The molecule has 2 nitrogen and oxygen atoms in total. The molecule has 1 amide bonds. The minimum absolute atomic E-state index is 0.0130. The van der Waals surface area contributed by atoms with Crippen molar-refractivity contribution in [1.82, 2.24) is 0 Å². The van der Waals surface area contributed by atoms with Crippen molar-refractivity contribution in [2.75, 3.05) is 17.2 Å². The zero-order valence-electron chi connectivity index (χ0n) is 10.5. The quantitative estimate of drug-likeness (QED) is 0.717. The number of rotatable bonds is 1. The molecule has 0 atom stereocenters. The van der Waals surface area contributed by atoms with Crippen molar-refractivity contribution in [2.45, 2.75) is 4.90 Å². The Kier molecular flexibility index (Phi) is 4.06. The highest BCUT2D eigenvalue weighted by atomic mass is 79.9. The Balaban J connectivity index is 1.99. The monoisotopic (exact) mass is 367 g/mol. The van der Waals surface area contributed by atoms with E-state index in [9.17, 15) is 4.79 Å². The summed E-state index contributed by atoms with van der Waals surface area (Å²) < 4.78 is 0.813. The smallest absolute Gasteiger partial charge is 0.258 e. The number of hydrogen-bond acceptors (Lipinski definition) is 2. The van der Waals surface area contributed by atoms with Crippen LogP contribution < -0.4 is 4.90 Å². The standard InChI is InChI=1S/C15H11BrClNOS/c16-11-7-10(8-12(17)9-11)15(19)18-5-6-20-14-4-2-1-3-13(14)18/h1-4,7-9H,5-6H2. The van der Waals surface area contributed by atoms with E-state index in [1.165, 1.54) is 0 Å². The van der Waals surface area contributed by atoms with Gasteiger partial charge in [-0.1, -0.05) is 39.7 Å². The minimum atomic E-state index is -0.0130. The van der Waals surface area contributed by atoms with Gasteiger partial charge in [-0.3, -0.25) is 4.79 Å². The Hall–Kier alpha value is -0.970. The number of nitrogens with zero attached hydrogens (tertiary/aromatic N) is 1. The van der Waals surface area contributed by atoms with E-state index in [-0.39, 0.29) is 5.91 Å². The third kappa shape index (κ3) is 2.73. The average Bonchev–Trinajstić information content (AvgIpc) is 2.45. The Morgan fingerprint density at radius 3 is 2.85 bits per heavy atom. The van der Waals surface area contributed by atoms with Gasteiger partial charge in [0.1, 0.15) is 0 Å². The topological polar surface area (TPSA) is 20.3 Å². The van der Waals surface area contributed by atoms with E-state index >= 15 is 0 Å². The van der Waals surface area contributed by atoms with E-state index < -0.39 is 0 Å². The van der Waals surface area contributed by atoms with Gasteiger partial charge in [0.15, 0.2) is 0 Å². The van der Waals surface area contributed by atoms with Crippen molar-refractivity contribution < 1.29 is 4.79 Å². The molecule has 0 bridgehead atoms. The van der Waals surface area contributed by atoms with Crippen LogP contribution in [0.4, 0.5) is 5.69 Å². The number of fused-ring (bicyclic) bond motifs is 1. The lowest BCUT2D eigenvalue weighted by atomic mass is 10.1. The summed E-state index contributed by atoms with van der Waals surface area (Å²) in [5.41, 5.74) is 1.58. The van der Waals surface area contributed by atoms with E-state index in [2.05, 4.69) is 15.9 Å². The molecular weight excluding hydrogens is 358 g/mol. The molecule has 0 saturated heterocycles. The Bertz CT molecular complexity index is 656. The summed E-state index contributed by atoms with van der Waals surface area (Å²) in [6.45, 7) is 0.713. The van der Waals surface area contributed by atoms with Gasteiger partial charge in [-0.2, -0.15) is 0 Å². The summed E-state index contributed by atoms with van der Waals surface area (Å²) in [5.74, 6) is 0.894. The Morgan fingerprint density at radius 1 is 1.25 bits per heavy atom. The van der Waals surface area contributed by atoms with Gasteiger partial charge in [-0.25, -0.2) is 0 Å². The fraction of sp³-hybridized carbons (Fsp3) is 0.133. The van der Waals surface area contributed by atoms with Crippen molar-refractivity contribution in [3.63, 3.8) is 0 Å². The second-order valence-corrected chi connectivity index (χ2v) is 6.92. The van der Waals surface area contributed by atoms with Crippen LogP contribution in [-0.2, 0) is 0 Å². The molecule has 0 aliphatic carbocycles. The van der Waals surface area contributed by atoms with Gasteiger partial charge in [0.25, 0.3) is 5.91 Å². The van der Waals surface area contributed by atoms with Gasteiger partial charge in [-0.05, 0) is 30.3 Å². The first-order chi connectivity index (χ1) is 9.65. The molecule has 2 aromatic rings. The van der Waals surface area contributed by atoms with Gasteiger partial charge in [0, 0.05) is 32.3 Å². The van der Waals surface area contributed by atoms with Crippen LogP contribution in [0.3, 0.4) is 0 Å². The second kappa shape index (κ2) is 5.80. The molecule has 0 saturated carbocycles. The summed E-state index contributed by atoms with van der Waals surface area (Å²) in [6, 6.07) is 13.3. The number of halogens is 2. The molecule has 102 valence electrons. The number of carbonyl (C=O) groups is 1. The molecule has 3 rings (SSSR count). The normalized spacial score (nSPS) is 14.0. The number of para-hydroxylation sites is 1. The van der Waals surface area contributed by atoms with E-state index in [4.69, 9.17) is 11.6 Å². The van der Waals surface area contributed by atoms with E-state index in [1.54, 1.807) is 30.0 Å². The van der Waals surface area contributed by atoms with Crippen molar-refractivity contribution in [3.05, 3.63) is 57.5 Å². The van der Waals surface area contributed by atoms with Gasteiger partial charge in [0.2, 0.25) is 0 Å². The Labute approximate surface area is 135 Å². The molecule has 0 unspecified atom stereocenters. The van der Waals surface area contributed by atoms with Crippen LogP contribution >= 0.6 is 39.3 Å². The molecule has 20 heavy (non-hydrogen) atoms. The highest BCUT2D eigenvalue weighted by Gasteiger charge is 2.24. The maximum Gasteiger partial charge on any atom is 0.258 e. The lowest BCUT2D eigenvalue weighted by Crippen LogP contribution is -2.35. The summed E-state index contributed by atoms with van der Waals surface area (Å²) in [6.07, 6.45) is 0. The molecule has 0 aromatic heterocycles. The molecule has 1 aliphatic heterocycles. The first kappa shape index (κ1) is 14.0. The maximum atomic E-state index is 12.7. The molecule has 0 N–H and O–H groups in total. The van der Waals surface area contributed by atoms with Gasteiger partial charge in [0.05, 0.1) is 5.69 Å². The summed E-state index contributed by atoms with van der Waals surface area (Å²) in [7, 11) is 0. The van der Waals surface area contributed by atoms with Crippen LogP contribution in [0.25, 0.3) is 0 Å². The van der Waals surface area contributed by atoms with Crippen molar-refractivity contribution >= 4 is 50.9 Å². The van der Waals surface area contributed by atoms with Crippen LogP contribution in [0.2, 0.25) is 5.02 Å². The van der Waals surface area contributed by atoms with E-state index in [0.717, 1.165) is 20.8 Å². The van der Waals surface area contributed by atoms with Gasteiger partial charge in [-0.15, -0.1) is 11.8 Å². The summed E-state index contributed by atoms with van der Waals surface area (Å²) in [5, 5.41) is 0.558. The van der Waals surface area contributed by atoms with E-state index in [1.807, 2.05) is 29.2 Å². The third-order valence-corrected chi connectivity index (χ3v) is 4.80. The number of carbonyl (C=O) groups excluding carboxylic acids is 1. The molecule has 2 aromatic carbocycles. The lowest BCUT2D eigenvalue weighted by molar-refractivity contribution is 0.0987. The first-order valence-corrected chi connectivity index (χ1v) is 8.30. The average molecular weight is 369 g/mol. The van der Waals surface area contributed by atoms with Gasteiger partial charge < -0.3 is 4.90 Å². The number of hydrogen-bond donors (Lipinski definition) is 0. The number of anilines is 1. The molecule has 5 heteroatoms. The van der Waals surface area contributed by atoms with Crippen molar-refractivity contribution in [1.29, 1.82) is 0 Å². The fourth-order valence-corrected chi connectivity index (χ4v) is 4.07. The van der Waals surface area contributed by atoms with Crippen LogP contribution in [0, 0.1) is 0 Å².